The summed E-state index contributed by atoms with van der Waals surface area (Å²) in [6, 6.07) is 2.37. The molecule has 1 fully saturated rings. The first-order valence-electron chi connectivity index (χ1n) is 4.61. The van der Waals surface area contributed by atoms with Gasteiger partial charge in [0, 0.05) is 25.7 Å². The van der Waals surface area contributed by atoms with Gasteiger partial charge in [0.05, 0.1) is 6.04 Å². The number of nitrogens with one attached hydrogen (secondary N) is 1. The highest BCUT2D eigenvalue weighted by Gasteiger charge is 2.22. The summed E-state index contributed by atoms with van der Waals surface area (Å²) in [7, 11) is 2.12. The van der Waals surface area contributed by atoms with E-state index in [9.17, 15) is 0 Å². The van der Waals surface area contributed by atoms with Crippen LogP contribution in [0, 0.1) is 6.92 Å². The molecule has 1 unspecified atom stereocenters. The summed E-state index contributed by atoms with van der Waals surface area (Å²) in [5.41, 5.74) is 1.03. The van der Waals surface area contributed by atoms with E-state index in [-0.39, 0.29) is 0 Å². The number of aromatic nitrogens is 1. The van der Waals surface area contributed by atoms with Gasteiger partial charge in [-0.15, -0.1) is 0 Å². The maximum atomic E-state index is 5.06. The van der Waals surface area contributed by atoms with Gasteiger partial charge in [-0.3, -0.25) is 4.90 Å². The van der Waals surface area contributed by atoms with Crippen molar-refractivity contribution in [3.63, 3.8) is 0 Å². The fourth-order valence-electron chi connectivity index (χ4n) is 1.68. The van der Waals surface area contributed by atoms with Crippen LogP contribution in [-0.4, -0.2) is 36.7 Å². The van der Waals surface area contributed by atoms with Gasteiger partial charge in [-0.2, -0.15) is 0 Å². The van der Waals surface area contributed by atoms with E-state index in [2.05, 4.69) is 22.4 Å². The van der Waals surface area contributed by atoms with Gasteiger partial charge in [-0.25, -0.2) is 0 Å². The smallest absolute Gasteiger partial charge is 0.133 e. The molecule has 1 aliphatic rings. The second-order valence-electron chi connectivity index (χ2n) is 3.56. The van der Waals surface area contributed by atoms with Crippen LogP contribution in [0.5, 0.6) is 0 Å². The van der Waals surface area contributed by atoms with Gasteiger partial charge in [-0.1, -0.05) is 5.16 Å². The van der Waals surface area contributed by atoms with Gasteiger partial charge in [0.2, 0.25) is 0 Å². The minimum Gasteiger partial charge on any atom is -0.361 e. The Labute approximate surface area is 77.9 Å². The van der Waals surface area contributed by atoms with Gasteiger partial charge in [0.1, 0.15) is 11.5 Å². The lowest BCUT2D eigenvalue weighted by molar-refractivity contribution is 0.193. The van der Waals surface area contributed by atoms with Crippen molar-refractivity contribution in [1.29, 1.82) is 0 Å². The van der Waals surface area contributed by atoms with Gasteiger partial charge < -0.3 is 9.84 Å². The summed E-state index contributed by atoms with van der Waals surface area (Å²) in [4.78, 5) is 2.30. The Kier molecular flexibility index (Phi) is 2.33. The summed E-state index contributed by atoms with van der Waals surface area (Å²) in [5, 5.41) is 7.38. The summed E-state index contributed by atoms with van der Waals surface area (Å²) in [6.45, 7) is 5.01. The summed E-state index contributed by atoms with van der Waals surface area (Å²) < 4.78 is 5.06. The number of nitrogens with zero attached hydrogens (tertiary/aromatic N) is 2. The van der Waals surface area contributed by atoms with E-state index in [4.69, 9.17) is 4.52 Å². The zero-order valence-electron chi connectivity index (χ0n) is 8.08. The van der Waals surface area contributed by atoms with E-state index in [0.29, 0.717) is 6.04 Å². The second-order valence-corrected chi connectivity index (χ2v) is 3.56. The quantitative estimate of drug-likeness (QED) is 0.687. The third kappa shape index (κ3) is 1.73. The van der Waals surface area contributed by atoms with Gasteiger partial charge in [0.15, 0.2) is 0 Å². The van der Waals surface area contributed by atoms with Crippen molar-refractivity contribution in [1.82, 2.24) is 15.4 Å². The van der Waals surface area contributed by atoms with Crippen molar-refractivity contribution in [3.8, 4) is 0 Å². The molecule has 72 valence electrons. The van der Waals surface area contributed by atoms with Crippen molar-refractivity contribution >= 4 is 0 Å². The highest BCUT2D eigenvalue weighted by atomic mass is 16.5. The van der Waals surface area contributed by atoms with Crippen LogP contribution >= 0.6 is 0 Å². The molecule has 4 heteroatoms. The lowest BCUT2D eigenvalue weighted by Crippen LogP contribution is -2.43. The first-order chi connectivity index (χ1) is 6.27. The number of hydrogen-bond acceptors (Lipinski definition) is 4. The molecular formula is C9H15N3O. The third-order valence-electron chi connectivity index (χ3n) is 2.50. The molecule has 1 aromatic heterocycles. The van der Waals surface area contributed by atoms with E-state index < -0.39 is 0 Å². The van der Waals surface area contributed by atoms with E-state index in [1.165, 1.54) is 0 Å². The molecule has 0 radical (unpaired) electrons. The molecule has 2 heterocycles. The average molecular weight is 181 g/mol. The highest BCUT2D eigenvalue weighted by molar-refractivity contribution is 5.10. The predicted octanol–water partition coefficient (Wildman–Crippen LogP) is 0.559. The van der Waals surface area contributed by atoms with Crippen LogP contribution < -0.4 is 5.32 Å². The lowest BCUT2D eigenvalue weighted by Gasteiger charge is -2.31. The van der Waals surface area contributed by atoms with E-state index in [1.807, 2.05) is 13.0 Å². The minimum absolute atomic E-state index is 0.367. The molecule has 1 saturated heterocycles. The number of piperazine rings is 1. The lowest BCUT2D eigenvalue weighted by atomic mass is 10.1. The molecule has 1 N–H and O–H groups in total. The Balaban J connectivity index is 2.14. The maximum absolute atomic E-state index is 5.06. The van der Waals surface area contributed by atoms with Crippen molar-refractivity contribution in [2.45, 2.75) is 13.0 Å². The number of likely N-dealkylation sites (N-methyl/N-ethyl adjacent to an activating group) is 1. The average Bonchev–Trinajstić information content (AvgIpc) is 2.53. The van der Waals surface area contributed by atoms with Gasteiger partial charge in [0.25, 0.3) is 0 Å². The van der Waals surface area contributed by atoms with Crippen molar-refractivity contribution in [2.24, 2.45) is 0 Å². The Morgan fingerprint density at radius 1 is 1.69 bits per heavy atom. The van der Waals surface area contributed by atoms with Crippen LogP contribution in [0.3, 0.4) is 0 Å². The topological polar surface area (TPSA) is 41.3 Å². The highest BCUT2D eigenvalue weighted by Crippen LogP contribution is 2.19. The van der Waals surface area contributed by atoms with Crippen LogP contribution in [0.4, 0.5) is 0 Å². The second kappa shape index (κ2) is 3.47. The molecule has 1 aromatic rings. The number of aryl methyl sites for hydroxylation is 1. The molecule has 0 aromatic carbocycles. The van der Waals surface area contributed by atoms with Crippen LogP contribution in [0.2, 0.25) is 0 Å². The molecule has 0 saturated carbocycles. The largest absolute Gasteiger partial charge is 0.361 e. The first-order valence-corrected chi connectivity index (χ1v) is 4.61. The Morgan fingerprint density at radius 3 is 3.15 bits per heavy atom. The molecular weight excluding hydrogens is 166 g/mol. The molecule has 1 aliphatic heterocycles. The van der Waals surface area contributed by atoms with Crippen molar-refractivity contribution < 1.29 is 4.52 Å². The summed E-state index contributed by atoms with van der Waals surface area (Å²) in [6.07, 6.45) is 0. The molecule has 2 rings (SSSR count). The van der Waals surface area contributed by atoms with Gasteiger partial charge in [-0.05, 0) is 14.0 Å². The Morgan fingerprint density at radius 2 is 2.54 bits per heavy atom. The number of hydrogen-bond donors (Lipinski definition) is 1. The third-order valence-corrected chi connectivity index (χ3v) is 2.50. The minimum atomic E-state index is 0.367. The van der Waals surface area contributed by atoms with Crippen molar-refractivity contribution in [2.75, 3.05) is 26.7 Å². The molecule has 4 nitrogen and oxygen atoms in total. The van der Waals surface area contributed by atoms with Crippen LogP contribution in [0.1, 0.15) is 17.5 Å². The van der Waals surface area contributed by atoms with E-state index >= 15 is 0 Å². The zero-order chi connectivity index (χ0) is 9.26. The van der Waals surface area contributed by atoms with Crippen LogP contribution in [0.15, 0.2) is 10.6 Å². The fourth-order valence-corrected chi connectivity index (χ4v) is 1.68. The summed E-state index contributed by atoms with van der Waals surface area (Å²) >= 11 is 0. The molecule has 0 spiro atoms. The predicted molar refractivity (Wildman–Crippen MR) is 49.5 cm³/mol. The Hall–Kier alpha value is -0.870. The zero-order valence-corrected chi connectivity index (χ0v) is 8.08. The van der Waals surface area contributed by atoms with Crippen LogP contribution in [0.25, 0.3) is 0 Å². The van der Waals surface area contributed by atoms with Crippen LogP contribution in [-0.2, 0) is 0 Å². The fraction of sp³-hybridized carbons (Fsp3) is 0.667. The van der Waals surface area contributed by atoms with E-state index in [1.54, 1.807) is 0 Å². The molecule has 0 amide bonds. The standard InChI is InChI=1S/C9H15N3O/c1-7-5-8(11-13-7)9-6-10-3-4-12(9)2/h5,9-10H,3-4,6H2,1-2H3. The number of rotatable bonds is 1. The van der Waals surface area contributed by atoms with Gasteiger partial charge >= 0.3 is 0 Å². The molecule has 13 heavy (non-hydrogen) atoms. The molecule has 0 bridgehead atoms. The Bertz CT molecular complexity index is 284. The SMILES string of the molecule is Cc1cc(C2CNCCN2C)no1. The summed E-state index contributed by atoms with van der Waals surface area (Å²) in [5.74, 6) is 0.883. The normalized spacial score (nSPS) is 24.9. The molecule has 1 atom stereocenters. The molecule has 0 aliphatic carbocycles. The van der Waals surface area contributed by atoms with Crippen molar-refractivity contribution in [3.05, 3.63) is 17.5 Å². The monoisotopic (exact) mass is 181 g/mol. The van der Waals surface area contributed by atoms with E-state index in [0.717, 1.165) is 31.1 Å². The maximum Gasteiger partial charge on any atom is 0.133 e. The first kappa shape index (κ1) is 8.72.